The van der Waals surface area contributed by atoms with Crippen LogP contribution < -0.4 is 9.80 Å². The quantitative estimate of drug-likeness (QED) is 0.170. The van der Waals surface area contributed by atoms with Crippen LogP contribution in [0.3, 0.4) is 0 Å². The second kappa shape index (κ2) is 10.2. The van der Waals surface area contributed by atoms with Crippen LogP contribution in [0.2, 0.25) is 0 Å². The van der Waals surface area contributed by atoms with Crippen LogP contribution in [0.15, 0.2) is 120 Å². The molecule has 0 atom stereocenters. The van der Waals surface area contributed by atoms with Crippen LogP contribution in [0, 0.1) is 0 Å². The number of carbonyl (C=O) groups excluding carboxylic acids is 2. The van der Waals surface area contributed by atoms with Crippen molar-refractivity contribution in [3.63, 3.8) is 0 Å². The van der Waals surface area contributed by atoms with Crippen LogP contribution in [-0.2, 0) is 29.9 Å². The van der Waals surface area contributed by atoms with Crippen molar-refractivity contribution in [2.24, 2.45) is 0 Å². The average molecular weight is 681 g/mol. The highest BCUT2D eigenvalue weighted by Gasteiger charge is 2.46. The molecule has 0 unspecified atom stereocenters. The molecule has 6 aromatic rings. The van der Waals surface area contributed by atoms with Gasteiger partial charge in [-0.15, -0.1) is 0 Å². The Kier molecular flexibility index (Phi) is 6.03. The fourth-order valence-corrected chi connectivity index (χ4v) is 9.32. The SMILES string of the molecule is CN1c2ccccc2C(C)(C)c2c1ccc1cc(C3=C4C(=O)OC(c5ccc6c7c(ccc6c5)N(C)c5ccccc5C7(C)C)=C4C(=O)O3)ccc21. The third kappa shape index (κ3) is 3.89. The Balaban J connectivity index is 1.07. The van der Waals surface area contributed by atoms with E-state index in [4.69, 9.17) is 9.47 Å². The molecule has 4 aliphatic heterocycles. The second-order valence-electron chi connectivity index (χ2n) is 15.4. The van der Waals surface area contributed by atoms with Gasteiger partial charge in [0.15, 0.2) is 11.5 Å². The molecule has 6 aromatic carbocycles. The number of nitrogens with zero attached hydrogens (tertiary/aromatic N) is 2. The maximum absolute atomic E-state index is 13.6. The first-order valence-corrected chi connectivity index (χ1v) is 17.7. The van der Waals surface area contributed by atoms with Gasteiger partial charge in [0, 0.05) is 58.8 Å². The molecule has 4 aliphatic rings. The number of para-hydroxylation sites is 2. The van der Waals surface area contributed by atoms with Crippen molar-refractivity contribution in [1.29, 1.82) is 0 Å². The predicted molar refractivity (Wildman–Crippen MR) is 207 cm³/mol. The molecule has 6 heteroatoms. The van der Waals surface area contributed by atoms with Crippen LogP contribution in [0.4, 0.5) is 22.7 Å². The van der Waals surface area contributed by atoms with E-state index in [2.05, 4.69) is 137 Å². The number of benzene rings is 6. The zero-order chi connectivity index (χ0) is 35.8. The summed E-state index contributed by atoms with van der Waals surface area (Å²) in [6.45, 7) is 9.06. The number of rotatable bonds is 2. The van der Waals surface area contributed by atoms with Crippen molar-refractivity contribution < 1.29 is 19.1 Å². The van der Waals surface area contributed by atoms with Crippen molar-refractivity contribution >= 4 is 67.8 Å². The lowest BCUT2D eigenvalue weighted by atomic mass is 9.72. The molecule has 0 saturated carbocycles. The smallest absolute Gasteiger partial charge is 0.348 e. The first-order chi connectivity index (χ1) is 25.0. The molecule has 10 rings (SSSR count). The minimum Gasteiger partial charge on any atom is -0.421 e. The van der Waals surface area contributed by atoms with Gasteiger partial charge in [-0.1, -0.05) is 100 Å². The number of carbonyl (C=O) groups is 2. The van der Waals surface area contributed by atoms with E-state index in [1.54, 1.807) is 0 Å². The summed E-state index contributed by atoms with van der Waals surface area (Å²) in [5.41, 5.74) is 10.9. The molecule has 0 aromatic heterocycles. The Labute approximate surface area is 302 Å². The molecule has 0 saturated heterocycles. The summed E-state index contributed by atoms with van der Waals surface area (Å²) in [4.78, 5) is 31.7. The normalized spacial score (nSPS) is 17.9. The average Bonchev–Trinajstić information content (AvgIpc) is 3.69. The molecule has 0 fully saturated rings. The Hall–Kier alpha value is -6.14. The molecule has 4 heterocycles. The van der Waals surface area contributed by atoms with Gasteiger partial charge in [0.25, 0.3) is 0 Å². The number of esters is 2. The molecule has 52 heavy (non-hydrogen) atoms. The highest BCUT2D eigenvalue weighted by molar-refractivity contribution is 6.25. The summed E-state index contributed by atoms with van der Waals surface area (Å²) in [6.07, 6.45) is 0. The summed E-state index contributed by atoms with van der Waals surface area (Å²) in [5.74, 6) is -0.694. The maximum atomic E-state index is 13.6. The van der Waals surface area contributed by atoms with Crippen LogP contribution in [0.25, 0.3) is 33.1 Å². The van der Waals surface area contributed by atoms with E-state index in [-0.39, 0.29) is 33.5 Å². The monoisotopic (exact) mass is 680 g/mol. The van der Waals surface area contributed by atoms with E-state index >= 15 is 0 Å². The van der Waals surface area contributed by atoms with Crippen molar-refractivity contribution in [1.82, 2.24) is 0 Å². The number of cyclic esters (lactones) is 2. The summed E-state index contributed by atoms with van der Waals surface area (Å²) >= 11 is 0. The molecular weight excluding hydrogens is 645 g/mol. The first-order valence-electron chi connectivity index (χ1n) is 17.7. The zero-order valence-electron chi connectivity index (χ0n) is 29.9. The van der Waals surface area contributed by atoms with E-state index in [0.29, 0.717) is 11.1 Å². The van der Waals surface area contributed by atoms with E-state index in [1.165, 1.54) is 33.6 Å². The van der Waals surface area contributed by atoms with Gasteiger partial charge in [-0.05, 0) is 80.2 Å². The number of hydrogen-bond donors (Lipinski definition) is 0. The Bertz CT molecular complexity index is 2530. The largest absolute Gasteiger partial charge is 0.421 e. The summed E-state index contributed by atoms with van der Waals surface area (Å²) < 4.78 is 11.8. The van der Waals surface area contributed by atoms with Crippen LogP contribution in [0.1, 0.15) is 61.1 Å². The molecule has 6 nitrogen and oxygen atoms in total. The number of hydrogen-bond acceptors (Lipinski definition) is 6. The fourth-order valence-electron chi connectivity index (χ4n) is 9.32. The van der Waals surface area contributed by atoms with Crippen molar-refractivity contribution in [3.8, 4) is 0 Å². The lowest BCUT2D eigenvalue weighted by Gasteiger charge is -2.41. The van der Waals surface area contributed by atoms with Gasteiger partial charge >= 0.3 is 11.9 Å². The fraction of sp³-hybridized carbons (Fsp3) is 0.174. The molecule has 0 spiro atoms. The number of fused-ring (bicyclic) bond motifs is 9. The minimum atomic E-state index is -0.583. The summed E-state index contributed by atoms with van der Waals surface area (Å²) in [6, 6.07) is 37.6. The molecular formula is C46H36N2O4. The van der Waals surface area contributed by atoms with E-state index < -0.39 is 11.9 Å². The standard InChI is InChI=1S/C46H36N2O4/c1-45(2)31-11-7-9-13-33(31)47(5)35-21-17-25-23-27(15-19-29(25)39(35)45)41-37-38(44(50)51-41)42(52-43(37)49)28-16-20-30-26(24-28)18-22-36-40(30)46(3,4)32-12-8-10-14-34(32)48(36)6/h7-24H,1-6H3. The molecule has 0 amide bonds. The minimum absolute atomic E-state index is 0.177. The number of ether oxygens (including phenoxy) is 2. The maximum Gasteiger partial charge on any atom is 0.348 e. The molecule has 0 bridgehead atoms. The van der Waals surface area contributed by atoms with Gasteiger partial charge in [-0.2, -0.15) is 0 Å². The first kappa shape index (κ1) is 30.7. The number of anilines is 4. The topological polar surface area (TPSA) is 59.1 Å². The molecule has 0 aliphatic carbocycles. The van der Waals surface area contributed by atoms with Gasteiger partial charge in [-0.25, -0.2) is 9.59 Å². The molecule has 0 N–H and O–H groups in total. The van der Waals surface area contributed by atoms with Crippen LogP contribution in [-0.4, -0.2) is 26.0 Å². The van der Waals surface area contributed by atoms with E-state index in [9.17, 15) is 9.59 Å². The Morgan fingerprint density at radius 3 is 1.31 bits per heavy atom. The summed E-state index contributed by atoms with van der Waals surface area (Å²) in [7, 11) is 4.22. The third-order valence-corrected chi connectivity index (χ3v) is 11.9. The third-order valence-electron chi connectivity index (χ3n) is 11.9. The Morgan fingerprint density at radius 1 is 0.481 bits per heavy atom. The van der Waals surface area contributed by atoms with Crippen molar-refractivity contribution in [3.05, 3.63) is 154 Å². The van der Waals surface area contributed by atoms with Crippen molar-refractivity contribution in [2.45, 2.75) is 38.5 Å². The molecule has 0 radical (unpaired) electrons. The van der Waals surface area contributed by atoms with E-state index in [1.807, 2.05) is 24.3 Å². The Morgan fingerprint density at radius 2 is 0.885 bits per heavy atom. The van der Waals surface area contributed by atoms with Crippen LogP contribution in [0.5, 0.6) is 0 Å². The summed E-state index contributed by atoms with van der Waals surface area (Å²) in [5, 5.41) is 4.23. The highest BCUT2D eigenvalue weighted by Crippen LogP contribution is 2.53. The van der Waals surface area contributed by atoms with E-state index in [0.717, 1.165) is 32.9 Å². The van der Waals surface area contributed by atoms with Gasteiger partial charge in [0.05, 0.1) is 0 Å². The van der Waals surface area contributed by atoms with Gasteiger partial charge in [0.1, 0.15) is 11.1 Å². The molecule has 254 valence electrons. The van der Waals surface area contributed by atoms with Gasteiger partial charge in [-0.3, -0.25) is 0 Å². The lowest BCUT2D eigenvalue weighted by molar-refractivity contribution is -0.131. The van der Waals surface area contributed by atoms with Crippen molar-refractivity contribution in [2.75, 3.05) is 23.9 Å². The van der Waals surface area contributed by atoms with Gasteiger partial charge < -0.3 is 19.3 Å². The lowest BCUT2D eigenvalue weighted by Crippen LogP contribution is -2.31. The highest BCUT2D eigenvalue weighted by atomic mass is 16.6. The second-order valence-corrected chi connectivity index (χ2v) is 15.4. The van der Waals surface area contributed by atoms with Gasteiger partial charge in [0.2, 0.25) is 0 Å². The zero-order valence-corrected chi connectivity index (χ0v) is 29.9. The van der Waals surface area contributed by atoms with Crippen LogP contribution >= 0.6 is 0 Å². The predicted octanol–water partition coefficient (Wildman–Crippen LogP) is 10.0.